The first-order chi connectivity index (χ1) is 7.33. The molecule has 0 amide bonds. The summed E-state index contributed by atoms with van der Waals surface area (Å²) < 4.78 is 1.01. The molecule has 1 aliphatic carbocycles. The topological polar surface area (TPSA) is 39.9 Å². The van der Waals surface area contributed by atoms with E-state index in [1.807, 2.05) is 12.1 Å². The van der Waals surface area contributed by atoms with Gasteiger partial charge in [-0.15, -0.1) is 0 Å². The Kier molecular flexibility index (Phi) is 3.22. The van der Waals surface area contributed by atoms with Crippen LogP contribution >= 0.6 is 15.9 Å². The Morgan fingerprint density at radius 2 is 2.40 bits per heavy atom. The first-order valence-corrected chi connectivity index (χ1v) is 5.86. The summed E-state index contributed by atoms with van der Waals surface area (Å²) in [7, 11) is 0. The van der Waals surface area contributed by atoms with Crippen molar-refractivity contribution in [2.45, 2.75) is 25.3 Å². The molecule has 0 unspecified atom stereocenters. The molecule has 0 radical (unpaired) electrons. The van der Waals surface area contributed by atoms with Gasteiger partial charge in [-0.2, -0.15) is 5.26 Å². The number of pyridine rings is 1. The van der Waals surface area contributed by atoms with Gasteiger partial charge in [-0.3, -0.25) is 0 Å². The van der Waals surface area contributed by atoms with Gasteiger partial charge in [0.05, 0.1) is 17.0 Å². The quantitative estimate of drug-likeness (QED) is 0.841. The fraction of sp³-hybridized carbons (Fsp3) is 0.455. The molecule has 3 nitrogen and oxygen atoms in total. The average molecular weight is 266 g/mol. The van der Waals surface area contributed by atoms with E-state index in [0.29, 0.717) is 12.5 Å². The average Bonchev–Trinajstić information content (AvgIpc) is 3.05. The van der Waals surface area contributed by atoms with Crippen LogP contribution in [0.2, 0.25) is 0 Å². The highest BCUT2D eigenvalue weighted by molar-refractivity contribution is 9.10. The summed E-state index contributed by atoms with van der Waals surface area (Å²) >= 11 is 3.50. The lowest BCUT2D eigenvalue weighted by atomic mass is 10.3. The zero-order valence-electron chi connectivity index (χ0n) is 8.36. The van der Waals surface area contributed by atoms with Crippen molar-refractivity contribution in [3.05, 3.63) is 22.8 Å². The minimum atomic E-state index is 0.555. The maximum absolute atomic E-state index is 8.62. The smallest absolute Gasteiger partial charge is 0.143 e. The van der Waals surface area contributed by atoms with Crippen molar-refractivity contribution in [1.82, 2.24) is 4.98 Å². The van der Waals surface area contributed by atoms with Gasteiger partial charge in [-0.1, -0.05) is 0 Å². The molecule has 1 saturated carbocycles. The lowest BCUT2D eigenvalue weighted by Gasteiger charge is -2.23. The minimum absolute atomic E-state index is 0.555. The van der Waals surface area contributed by atoms with Gasteiger partial charge < -0.3 is 4.90 Å². The SMILES string of the molecule is N#CCCN(c1ncccc1Br)C1CC1. The molecule has 0 spiro atoms. The van der Waals surface area contributed by atoms with Crippen molar-refractivity contribution in [2.75, 3.05) is 11.4 Å². The van der Waals surface area contributed by atoms with Crippen molar-refractivity contribution in [3.63, 3.8) is 0 Å². The third-order valence-electron chi connectivity index (χ3n) is 2.46. The zero-order valence-corrected chi connectivity index (χ0v) is 9.94. The van der Waals surface area contributed by atoms with Crippen LogP contribution < -0.4 is 4.90 Å². The minimum Gasteiger partial charge on any atom is -0.352 e. The Morgan fingerprint density at radius 3 is 3.00 bits per heavy atom. The molecular weight excluding hydrogens is 254 g/mol. The number of anilines is 1. The Labute approximate surface area is 97.9 Å². The van der Waals surface area contributed by atoms with E-state index in [1.165, 1.54) is 12.8 Å². The molecule has 15 heavy (non-hydrogen) atoms. The van der Waals surface area contributed by atoms with Gasteiger partial charge in [0.1, 0.15) is 5.82 Å². The first kappa shape index (κ1) is 10.4. The lowest BCUT2D eigenvalue weighted by molar-refractivity contribution is 0.776. The molecule has 1 heterocycles. The summed E-state index contributed by atoms with van der Waals surface area (Å²) in [5.41, 5.74) is 0. The highest BCUT2D eigenvalue weighted by Crippen LogP contribution is 2.34. The molecule has 4 heteroatoms. The molecule has 0 aliphatic heterocycles. The molecule has 2 rings (SSSR count). The van der Waals surface area contributed by atoms with E-state index in [1.54, 1.807) is 6.20 Å². The number of halogens is 1. The molecule has 0 atom stereocenters. The second-order valence-corrected chi connectivity index (χ2v) is 4.50. The number of rotatable bonds is 4. The van der Waals surface area contributed by atoms with Crippen LogP contribution in [0.25, 0.3) is 0 Å². The molecule has 0 saturated heterocycles. The maximum atomic E-state index is 8.62. The summed E-state index contributed by atoms with van der Waals surface area (Å²) in [6, 6.07) is 6.67. The van der Waals surface area contributed by atoms with E-state index in [2.05, 4.69) is 31.9 Å². The third-order valence-corrected chi connectivity index (χ3v) is 3.08. The van der Waals surface area contributed by atoms with E-state index >= 15 is 0 Å². The van der Waals surface area contributed by atoms with Crippen LogP contribution in [-0.2, 0) is 0 Å². The molecule has 1 aromatic heterocycles. The van der Waals surface area contributed by atoms with Gasteiger partial charge in [0.15, 0.2) is 0 Å². The third kappa shape index (κ3) is 2.48. The summed E-state index contributed by atoms with van der Waals surface area (Å²) in [5.74, 6) is 0.968. The van der Waals surface area contributed by atoms with E-state index in [9.17, 15) is 0 Å². The Bertz CT molecular complexity index is 382. The lowest BCUT2D eigenvalue weighted by Crippen LogP contribution is -2.27. The normalized spacial score (nSPS) is 14.7. The number of hydrogen-bond donors (Lipinski definition) is 0. The fourth-order valence-corrected chi connectivity index (χ4v) is 2.09. The van der Waals surface area contributed by atoms with E-state index in [4.69, 9.17) is 5.26 Å². The van der Waals surface area contributed by atoms with E-state index < -0.39 is 0 Å². The molecule has 0 bridgehead atoms. The number of hydrogen-bond acceptors (Lipinski definition) is 3. The molecular formula is C11H12BrN3. The van der Waals surface area contributed by atoms with Gasteiger partial charge in [0.25, 0.3) is 0 Å². The first-order valence-electron chi connectivity index (χ1n) is 5.07. The number of nitrogens with zero attached hydrogens (tertiary/aromatic N) is 3. The van der Waals surface area contributed by atoms with Crippen LogP contribution in [-0.4, -0.2) is 17.6 Å². The van der Waals surface area contributed by atoms with Gasteiger partial charge in [0, 0.05) is 18.8 Å². The monoisotopic (exact) mass is 265 g/mol. The molecule has 1 fully saturated rings. The highest BCUT2D eigenvalue weighted by atomic mass is 79.9. The molecule has 0 aromatic carbocycles. The Balaban J connectivity index is 2.17. The van der Waals surface area contributed by atoms with Crippen molar-refractivity contribution < 1.29 is 0 Å². The second kappa shape index (κ2) is 4.63. The predicted molar refractivity (Wildman–Crippen MR) is 62.5 cm³/mol. The summed E-state index contributed by atoms with van der Waals surface area (Å²) in [6.07, 6.45) is 4.78. The van der Waals surface area contributed by atoms with Crippen LogP contribution in [0.1, 0.15) is 19.3 Å². The Hall–Kier alpha value is -1.08. The van der Waals surface area contributed by atoms with Gasteiger partial charge >= 0.3 is 0 Å². The van der Waals surface area contributed by atoms with Gasteiger partial charge in [0.2, 0.25) is 0 Å². The Morgan fingerprint density at radius 1 is 1.60 bits per heavy atom. The summed E-state index contributed by atoms with van der Waals surface area (Å²) in [5, 5.41) is 8.62. The van der Waals surface area contributed by atoms with Crippen LogP contribution in [0.15, 0.2) is 22.8 Å². The van der Waals surface area contributed by atoms with Crippen molar-refractivity contribution >= 4 is 21.7 Å². The molecule has 78 valence electrons. The van der Waals surface area contributed by atoms with E-state index in [0.717, 1.165) is 16.8 Å². The van der Waals surface area contributed by atoms with Crippen LogP contribution in [0.3, 0.4) is 0 Å². The van der Waals surface area contributed by atoms with E-state index in [-0.39, 0.29) is 0 Å². The maximum Gasteiger partial charge on any atom is 0.143 e. The predicted octanol–water partition coefficient (Wildman–Crippen LogP) is 2.73. The van der Waals surface area contributed by atoms with Crippen molar-refractivity contribution in [1.29, 1.82) is 5.26 Å². The van der Waals surface area contributed by atoms with Crippen molar-refractivity contribution in [2.24, 2.45) is 0 Å². The number of aromatic nitrogens is 1. The van der Waals surface area contributed by atoms with Gasteiger partial charge in [-0.05, 0) is 40.9 Å². The largest absolute Gasteiger partial charge is 0.352 e. The molecule has 0 N–H and O–H groups in total. The number of nitriles is 1. The van der Waals surface area contributed by atoms with Crippen LogP contribution in [0.4, 0.5) is 5.82 Å². The molecule has 1 aliphatic rings. The van der Waals surface area contributed by atoms with Crippen molar-refractivity contribution in [3.8, 4) is 6.07 Å². The summed E-state index contributed by atoms with van der Waals surface area (Å²) in [6.45, 7) is 0.775. The second-order valence-electron chi connectivity index (χ2n) is 3.64. The standard InChI is InChI=1S/C11H12BrN3/c12-10-3-1-7-14-11(10)15(8-2-6-13)9-4-5-9/h1,3,7,9H,2,4-5,8H2. The zero-order chi connectivity index (χ0) is 10.7. The highest BCUT2D eigenvalue weighted by Gasteiger charge is 2.30. The summed E-state index contributed by atoms with van der Waals surface area (Å²) in [4.78, 5) is 6.59. The fourth-order valence-electron chi connectivity index (χ4n) is 1.61. The van der Waals surface area contributed by atoms with Crippen LogP contribution in [0.5, 0.6) is 0 Å². The molecule has 1 aromatic rings. The van der Waals surface area contributed by atoms with Gasteiger partial charge in [-0.25, -0.2) is 4.98 Å². The van der Waals surface area contributed by atoms with Crippen LogP contribution in [0, 0.1) is 11.3 Å².